The predicted octanol–water partition coefficient (Wildman–Crippen LogP) is 3.35. The van der Waals surface area contributed by atoms with E-state index in [0.29, 0.717) is 22.9 Å². The first-order valence-corrected chi connectivity index (χ1v) is 5.74. The van der Waals surface area contributed by atoms with Crippen LogP contribution in [0.25, 0.3) is 0 Å². The van der Waals surface area contributed by atoms with Gasteiger partial charge in [-0.2, -0.15) is 0 Å². The topological polar surface area (TPSA) is 12.0 Å². The van der Waals surface area contributed by atoms with Gasteiger partial charge >= 0.3 is 0 Å². The first-order valence-electron chi connectivity index (χ1n) is 5.36. The quantitative estimate of drug-likeness (QED) is 0.835. The third kappa shape index (κ3) is 2.93. The lowest BCUT2D eigenvalue weighted by Crippen LogP contribution is -2.10. The third-order valence-corrected chi connectivity index (χ3v) is 3.15. The van der Waals surface area contributed by atoms with E-state index < -0.39 is 6.17 Å². The molecule has 1 nitrogen and oxygen atoms in total. The molecule has 1 aliphatic heterocycles. The maximum Gasteiger partial charge on any atom is 0.125 e. The lowest BCUT2D eigenvalue weighted by Gasteiger charge is -2.13. The van der Waals surface area contributed by atoms with Gasteiger partial charge in [-0.05, 0) is 49.5 Å². The van der Waals surface area contributed by atoms with Crippen LogP contribution in [0.3, 0.4) is 0 Å². The fourth-order valence-corrected chi connectivity index (χ4v) is 2.24. The molecule has 1 saturated heterocycles. The van der Waals surface area contributed by atoms with Gasteiger partial charge in [0, 0.05) is 5.02 Å². The Morgan fingerprint density at radius 3 is 3.07 bits per heavy atom. The molecule has 2 rings (SSSR count). The van der Waals surface area contributed by atoms with E-state index in [9.17, 15) is 4.39 Å². The average molecular weight is 228 g/mol. The van der Waals surface area contributed by atoms with E-state index in [1.165, 1.54) is 0 Å². The highest BCUT2D eigenvalue weighted by molar-refractivity contribution is 6.30. The molecule has 1 aromatic carbocycles. The van der Waals surface area contributed by atoms with E-state index in [4.69, 9.17) is 11.6 Å². The molecule has 1 aromatic rings. The van der Waals surface area contributed by atoms with Gasteiger partial charge in [0.15, 0.2) is 0 Å². The van der Waals surface area contributed by atoms with Crippen LogP contribution in [0, 0.1) is 5.92 Å². The zero-order valence-corrected chi connectivity index (χ0v) is 9.30. The molecule has 2 atom stereocenters. The van der Waals surface area contributed by atoms with Crippen LogP contribution in [0.5, 0.6) is 0 Å². The van der Waals surface area contributed by atoms with Gasteiger partial charge in [0.2, 0.25) is 0 Å². The highest BCUT2D eigenvalue weighted by Crippen LogP contribution is 2.29. The summed E-state index contributed by atoms with van der Waals surface area (Å²) in [5.41, 5.74) is 0.703. The summed E-state index contributed by atoms with van der Waals surface area (Å²) < 4.78 is 13.9. The standard InChI is InChI=1S/C12H15ClFN/c13-11-3-1-2-10(7-11)12(14)6-9-4-5-15-8-9/h1-3,7,9,12,15H,4-6,8H2. The SMILES string of the molecule is FC(CC1CCNC1)c1cccc(Cl)c1. The molecule has 0 spiro atoms. The minimum absolute atomic E-state index is 0.471. The number of benzene rings is 1. The van der Waals surface area contributed by atoms with E-state index in [2.05, 4.69) is 5.32 Å². The van der Waals surface area contributed by atoms with Gasteiger partial charge in [-0.25, -0.2) is 4.39 Å². The third-order valence-electron chi connectivity index (χ3n) is 2.91. The Bertz CT molecular complexity index is 323. The number of hydrogen-bond acceptors (Lipinski definition) is 1. The molecule has 0 radical (unpaired) electrons. The van der Waals surface area contributed by atoms with Crippen LogP contribution < -0.4 is 5.32 Å². The fourth-order valence-electron chi connectivity index (χ4n) is 2.05. The van der Waals surface area contributed by atoms with Crippen LogP contribution in [0.2, 0.25) is 5.02 Å². The molecule has 0 aliphatic carbocycles. The summed E-state index contributed by atoms with van der Waals surface area (Å²) in [6, 6.07) is 7.10. The summed E-state index contributed by atoms with van der Waals surface area (Å²) in [4.78, 5) is 0. The lowest BCUT2D eigenvalue weighted by molar-refractivity contribution is 0.281. The molecule has 1 fully saturated rings. The maximum absolute atomic E-state index is 13.9. The molecular weight excluding hydrogens is 213 g/mol. The lowest BCUT2D eigenvalue weighted by atomic mass is 9.97. The predicted molar refractivity (Wildman–Crippen MR) is 60.9 cm³/mol. The summed E-state index contributed by atoms with van der Waals surface area (Å²) in [6.45, 7) is 1.97. The van der Waals surface area contributed by atoms with E-state index in [-0.39, 0.29) is 0 Å². The Morgan fingerprint density at radius 1 is 1.53 bits per heavy atom. The Kier molecular flexibility index (Phi) is 3.60. The summed E-state index contributed by atoms with van der Waals surface area (Å²) in [7, 11) is 0. The van der Waals surface area contributed by atoms with Crippen molar-refractivity contribution in [1.82, 2.24) is 5.32 Å². The van der Waals surface area contributed by atoms with Crippen LogP contribution in [-0.2, 0) is 0 Å². The zero-order chi connectivity index (χ0) is 10.7. The fraction of sp³-hybridized carbons (Fsp3) is 0.500. The van der Waals surface area contributed by atoms with Gasteiger partial charge in [0.05, 0.1) is 0 Å². The molecule has 0 bridgehead atoms. The van der Waals surface area contributed by atoms with Crippen LogP contribution in [0.1, 0.15) is 24.6 Å². The summed E-state index contributed by atoms with van der Waals surface area (Å²) in [5, 5.41) is 3.86. The Labute approximate surface area is 94.6 Å². The van der Waals surface area contributed by atoms with Crippen LogP contribution in [0.4, 0.5) is 4.39 Å². The number of rotatable bonds is 3. The largest absolute Gasteiger partial charge is 0.316 e. The molecule has 15 heavy (non-hydrogen) atoms. The minimum atomic E-state index is -0.881. The molecule has 0 aromatic heterocycles. The molecule has 1 N–H and O–H groups in total. The summed E-state index contributed by atoms with van der Waals surface area (Å²) in [5.74, 6) is 0.471. The monoisotopic (exact) mass is 227 g/mol. The first-order chi connectivity index (χ1) is 7.25. The maximum atomic E-state index is 13.9. The van der Waals surface area contributed by atoms with Crippen molar-refractivity contribution >= 4 is 11.6 Å². The normalized spacial score (nSPS) is 22.9. The minimum Gasteiger partial charge on any atom is -0.316 e. The Balaban J connectivity index is 1.97. The van der Waals surface area contributed by atoms with E-state index in [1.54, 1.807) is 24.3 Å². The molecule has 2 unspecified atom stereocenters. The molecule has 1 aliphatic rings. The van der Waals surface area contributed by atoms with Crippen LogP contribution in [-0.4, -0.2) is 13.1 Å². The van der Waals surface area contributed by atoms with Crippen molar-refractivity contribution in [3.05, 3.63) is 34.9 Å². The molecule has 1 heterocycles. The van der Waals surface area contributed by atoms with Crippen LogP contribution in [0.15, 0.2) is 24.3 Å². The average Bonchev–Trinajstić information content (AvgIpc) is 2.70. The zero-order valence-electron chi connectivity index (χ0n) is 8.55. The highest BCUT2D eigenvalue weighted by atomic mass is 35.5. The number of alkyl halides is 1. The van der Waals surface area contributed by atoms with Gasteiger partial charge in [0.25, 0.3) is 0 Å². The second-order valence-electron chi connectivity index (χ2n) is 4.12. The van der Waals surface area contributed by atoms with Crippen molar-refractivity contribution in [2.75, 3.05) is 13.1 Å². The molecule has 82 valence electrons. The number of nitrogens with one attached hydrogen (secondary N) is 1. The van der Waals surface area contributed by atoms with Crippen molar-refractivity contribution in [3.63, 3.8) is 0 Å². The molecule has 3 heteroatoms. The van der Waals surface area contributed by atoms with Gasteiger partial charge in [-0.3, -0.25) is 0 Å². The van der Waals surface area contributed by atoms with E-state index in [0.717, 1.165) is 19.5 Å². The molecular formula is C12H15ClFN. The highest BCUT2D eigenvalue weighted by Gasteiger charge is 2.20. The van der Waals surface area contributed by atoms with Crippen LogP contribution >= 0.6 is 11.6 Å². The molecule has 0 saturated carbocycles. The smallest absolute Gasteiger partial charge is 0.125 e. The second-order valence-corrected chi connectivity index (χ2v) is 4.55. The van der Waals surface area contributed by atoms with E-state index in [1.807, 2.05) is 0 Å². The summed E-state index contributed by atoms with van der Waals surface area (Å²) >= 11 is 5.83. The second kappa shape index (κ2) is 4.95. The van der Waals surface area contributed by atoms with E-state index >= 15 is 0 Å². The van der Waals surface area contributed by atoms with Crippen molar-refractivity contribution in [2.45, 2.75) is 19.0 Å². The van der Waals surface area contributed by atoms with Crippen molar-refractivity contribution in [3.8, 4) is 0 Å². The molecule has 0 amide bonds. The van der Waals surface area contributed by atoms with Crippen molar-refractivity contribution in [1.29, 1.82) is 0 Å². The van der Waals surface area contributed by atoms with Crippen molar-refractivity contribution < 1.29 is 4.39 Å². The Hall–Kier alpha value is -0.600. The first kappa shape index (κ1) is 10.9. The summed E-state index contributed by atoms with van der Waals surface area (Å²) in [6.07, 6.45) is 0.808. The number of halogens is 2. The van der Waals surface area contributed by atoms with Gasteiger partial charge in [-0.1, -0.05) is 23.7 Å². The van der Waals surface area contributed by atoms with Gasteiger partial charge < -0.3 is 5.32 Å². The van der Waals surface area contributed by atoms with Crippen molar-refractivity contribution in [2.24, 2.45) is 5.92 Å². The van der Waals surface area contributed by atoms with Gasteiger partial charge in [-0.15, -0.1) is 0 Å². The van der Waals surface area contributed by atoms with Gasteiger partial charge in [0.1, 0.15) is 6.17 Å². The Morgan fingerprint density at radius 2 is 2.40 bits per heavy atom. The number of hydrogen-bond donors (Lipinski definition) is 1.